The van der Waals surface area contributed by atoms with E-state index in [9.17, 15) is 13.6 Å². The Kier molecular flexibility index (Phi) is 4.03. The van der Waals surface area contributed by atoms with Gasteiger partial charge in [0.25, 0.3) is 5.13 Å². The Bertz CT molecular complexity index is 149. The van der Waals surface area contributed by atoms with Gasteiger partial charge in [-0.3, -0.25) is 4.79 Å². The fraction of sp³-hybridized carbons (Fsp3) is 0.800. The van der Waals surface area contributed by atoms with Gasteiger partial charge in [0, 0.05) is 6.92 Å². The number of halogens is 4. The molecule has 66 valence electrons. The van der Waals surface area contributed by atoms with Crippen molar-refractivity contribution >= 4 is 29.2 Å². The molecule has 0 saturated carbocycles. The average molecular weight is 207 g/mol. The molecule has 0 aliphatic carbocycles. The summed E-state index contributed by atoms with van der Waals surface area (Å²) in [5, 5.41) is -2.84. The fourth-order valence-corrected chi connectivity index (χ4v) is 0.378. The van der Waals surface area contributed by atoms with Crippen LogP contribution in [-0.2, 0) is 9.53 Å². The summed E-state index contributed by atoms with van der Waals surface area (Å²) in [5.74, 6) is -0.745. The second-order valence-electron chi connectivity index (χ2n) is 1.84. The predicted molar refractivity (Wildman–Crippen MR) is 37.1 cm³/mol. The zero-order chi connectivity index (χ0) is 9.07. The zero-order valence-electron chi connectivity index (χ0n) is 5.61. The smallest absolute Gasteiger partial charge is 0.302 e. The summed E-state index contributed by atoms with van der Waals surface area (Å²) in [4.78, 5) is 10.1. The molecule has 2 unspecified atom stereocenters. The summed E-state index contributed by atoms with van der Waals surface area (Å²) < 4.78 is 28.6. The highest BCUT2D eigenvalue weighted by Crippen LogP contribution is 2.27. The number of rotatable bonds is 3. The van der Waals surface area contributed by atoms with Crippen LogP contribution in [0, 0.1) is 0 Å². The third-order valence-electron chi connectivity index (χ3n) is 0.787. The van der Waals surface area contributed by atoms with Crippen LogP contribution in [0.5, 0.6) is 0 Å². The van der Waals surface area contributed by atoms with E-state index in [1.165, 1.54) is 0 Å². The molecule has 0 fully saturated rings. The molecule has 0 aliphatic heterocycles. The van der Waals surface area contributed by atoms with Crippen molar-refractivity contribution in [2.75, 3.05) is 6.61 Å². The van der Waals surface area contributed by atoms with Crippen LogP contribution in [0.4, 0.5) is 8.78 Å². The van der Waals surface area contributed by atoms with Crippen LogP contribution in [0.2, 0.25) is 0 Å². The maximum Gasteiger partial charge on any atom is 0.302 e. The summed E-state index contributed by atoms with van der Waals surface area (Å²) >= 11 is 9.55. The van der Waals surface area contributed by atoms with Crippen molar-refractivity contribution < 1.29 is 18.3 Å². The second kappa shape index (κ2) is 4.07. The van der Waals surface area contributed by atoms with Gasteiger partial charge in [0.2, 0.25) is 5.63 Å². The molecule has 0 spiro atoms. The Balaban J connectivity index is 3.82. The highest BCUT2D eigenvalue weighted by Gasteiger charge is 2.37. The topological polar surface area (TPSA) is 26.3 Å². The molecule has 6 heteroatoms. The van der Waals surface area contributed by atoms with Gasteiger partial charge in [-0.15, -0.1) is 0 Å². The molecule has 0 N–H and O–H groups in total. The molecule has 0 aliphatic rings. The number of hydrogen-bond acceptors (Lipinski definition) is 2. The van der Waals surface area contributed by atoms with Crippen molar-refractivity contribution in [2.45, 2.75) is 17.7 Å². The van der Waals surface area contributed by atoms with Crippen molar-refractivity contribution in [3.63, 3.8) is 0 Å². The van der Waals surface area contributed by atoms with Crippen LogP contribution >= 0.6 is 23.2 Å². The third kappa shape index (κ3) is 4.37. The average Bonchev–Trinajstić information content (AvgIpc) is 1.84. The minimum absolute atomic E-state index is 0.745. The predicted octanol–water partition coefficient (Wildman–Crippen LogP) is 1.99. The van der Waals surface area contributed by atoms with Crippen molar-refractivity contribution in [3.05, 3.63) is 0 Å². The van der Waals surface area contributed by atoms with E-state index in [1.54, 1.807) is 0 Å². The van der Waals surface area contributed by atoms with Gasteiger partial charge >= 0.3 is 5.97 Å². The van der Waals surface area contributed by atoms with E-state index in [0.717, 1.165) is 6.92 Å². The van der Waals surface area contributed by atoms with Gasteiger partial charge in [-0.05, 0) is 0 Å². The number of esters is 1. The minimum Gasteiger partial charge on any atom is -0.461 e. The van der Waals surface area contributed by atoms with E-state index in [0.29, 0.717) is 0 Å². The Morgan fingerprint density at radius 1 is 1.82 bits per heavy atom. The molecular weight excluding hydrogens is 201 g/mol. The normalized spacial score (nSPS) is 18.6. The molecule has 0 aromatic heterocycles. The summed E-state index contributed by atoms with van der Waals surface area (Å²) in [7, 11) is 0. The fourth-order valence-electron chi connectivity index (χ4n) is 0.261. The molecule has 0 amide bonds. The maximum absolute atomic E-state index is 12.6. The number of alkyl halides is 4. The van der Waals surface area contributed by atoms with Crippen LogP contribution in [0.3, 0.4) is 0 Å². The molecule has 2 atom stereocenters. The Morgan fingerprint density at radius 3 is 2.55 bits per heavy atom. The first-order chi connectivity index (χ1) is 4.86. The van der Waals surface area contributed by atoms with Crippen molar-refractivity contribution in [2.24, 2.45) is 0 Å². The molecule has 0 aromatic rings. The van der Waals surface area contributed by atoms with Crippen LogP contribution in [-0.4, -0.2) is 23.3 Å². The number of carbonyl (C=O) groups excluding carboxylic acids is 1. The molecule has 0 bridgehead atoms. The highest BCUT2D eigenvalue weighted by atomic mass is 35.5. The van der Waals surface area contributed by atoms with Crippen LogP contribution in [0.15, 0.2) is 0 Å². The first-order valence-electron chi connectivity index (χ1n) is 2.65. The number of ether oxygens (including phenoxy) is 1. The molecule has 0 saturated heterocycles. The van der Waals surface area contributed by atoms with E-state index < -0.39 is 23.3 Å². The van der Waals surface area contributed by atoms with E-state index in [1.807, 2.05) is 0 Å². The summed E-state index contributed by atoms with van der Waals surface area (Å²) in [5.41, 5.74) is -2.40. The number of hydrogen-bond donors (Lipinski definition) is 0. The Morgan fingerprint density at radius 2 is 2.27 bits per heavy atom. The zero-order valence-corrected chi connectivity index (χ0v) is 7.12. The van der Waals surface area contributed by atoms with E-state index in [2.05, 4.69) is 16.3 Å². The molecule has 2 nitrogen and oxygen atoms in total. The molecular formula is C5H6Cl2F2O2. The first-order valence-corrected chi connectivity index (χ1v) is 3.47. The second-order valence-corrected chi connectivity index (χ2v) is 2.85. The summed E-state index contributed by atoms with van der Waals surface area (Å²) in [6, 6.07) is 0. The van der Waals surface area contributed by atoms with Gasteiger partial charge in [0.15, 0.2) is 0 Å². The van der Waals surface area contributed by atoms with Gasteiger partial charge in [0.1, 0.15) is 6.61 Å². The van der Waals surface area contributed by atoms with E-state index >= 15 is 0 Å². The van der Waals surface area contributed by atoms with Gasteiger partial charge < -0.3 is 4.74 Å². The molecule has 0 aromatic carbocycles. The summed E-state index contributed by atoms with van der Waals surface area (Å²) in [6.07, 6.45) is 0. The summed E-state index contributed by atoms with van der Waals surface area (Å²) in [6.45, 7) is 0.156. The minimum atomic E-state index is -2.84. The maximum atomic E-state index is 12.6. The highest BCUT2D eigenvalue weighted by molar-refractivity contribution is 6.31. The lowest BCUT2D eigenvalue weighted by molar-refractivity contribution is -0.143. The lowest BCUT2D eigenvalue weighted by Crippen LogP contribution is -2.31. The van der Waals surface area contributed by atoms with Gasteiger partial charge in [-0.25, -0.2) is 8.78 Å². The lowest BCUT2D eigenvalue weighted by atomic mass is 10.4. The van der Waals surface area contributed by atoms with Gasteiger partial charge in [0.05, 0.1) is 0 Å². The molecule has 0 heterocycles. The standard InChI is InChI=1S/C5H6Cl2F2O2/c1-3(10)11-2-5(7,9)4(6)8/h4H,2H2,1H3. The molecule has 11 heavy (non-hydrogen) atoms. The Labute approximate surface area is 72.4 Å². The van der Waals surface area contributed by atoms with Crippen LogP contribution < -0.4 is 0 Å². The first kappa shape index (κ1) is 10.9. The van der Waals surface area contributed by atoms with Crippen molar-refractivity contribution in [1.82, 2.24) is 0 Å². The van der Waals surface area contributed by atoms with Crippen LogP contribution in [0.1, 0.15) is 6.92 Å². The number of carbonyl (C=O) groups is 1. The Hall–Kier alpha value is -0.0900. The van der Waals surface area contributed by atoms with E-state index in [-0.39, 0.29) is 0 Å². The van der Waals surface area contributed by atoms with E-state index in [4.69, 9.17) is 11.6 Å². The van der Waals surface area contributed by atoms with Gasteiger partial charge in [-0.1, -0.05) is 23.2 Å². The molecule has 0 radical (unpaired) electrons. The van der Waals surface area contributed by atoms with Crippen molar-refractivity contribution in [3.8, 4) is 0 Å². The lowest BCUT2D eigenvalue weighted by Gasteiger charge is -2.16. The van der Waals surface area contributed by atoms with Crippen molar-refractivity contribution in [1.29, 1.82) is 0 Å². The monoisotopic (exact) mass is 206 g/mol. The third-order valence-corrected chi connectivity index (χ3v) is 1.55. The van der Waals surface area contributed by atoms with Crippen LogP contribution in [0.25, 0.3) is 0 Å². The van der Waals surface area contributed by atoms with Gasteiger partial charge in [-0.2, -0.15) is 0 Å². The largest absolute Gasteiger partial charge is 0.461 e. The SMILES string of the molecule is CC(=O)OCC(F)(Cl)C(F)Cl. The quantitative estimate of drug-likeness (QED) is 0.522. The molecule has 0 rings (SSSR count).